The summed E-state index contributed by atoms with van der Waals surface area (Å²) in [5.41, 5.74) is 13.8. The van der Waals surface area contributed by atoms with Crippen LogP contribution in [0.4, 0.5) is 17.3 Å². The summed E-state index contributed by atoms with van der Waals surface area (Å²) < 4.78 is 24.0. The molecular formula is C16H16N6O2S. The molecular weight excluding hydrogens is 340 g/mol. The van der Waals surface area contributed by atoms with Crippen molar-refractivity contribution < 1.29 is 8.42 Å². The number of benzene rings is 2. The van der Waals surface area contributed by atoms with Crippen LogP contribution in [0.1, 0.15) is 5.56 Å². The van der Waals surface area contributed by atoms with Crippen molar-refractivity contribution in [2.24, 2.45) is 10.1 Å². The molecule has 0 saturated heterocycles. The van der Waals surface area contributed by atoms with Crippen molar-refractivity contribution in [1.82, 2.24) is 9.78 Å². The molecule has 0 amide bonds. The topological polar surface area (TPSA) is 142 Å². The first-order chi connectivity index (χ1) is 11.9. The first kappa shape index (κ1) is 16.7. The number of para-hydroxylation sites is 1. The number of nitrogens with zero attached hydrogens (tertiary/aromatic N) is 3. The predicted molar refractivity (Wildman–Crippen MR) is 97.5 cm³/mol. The first-order valence-electron chi connectivity index (χ1n) is 7.22. The predicted octanol–water partition coefficient (Wildman–Crippen LogP) is 1.43. The van der Waals surface area contributed by atoms with Gasteiger partial charge < -0.3 is 11.5 Å². The van der Waals surface area contributed by atoms with Gasteiger partial charge in [-0.1, -0.05) is 18.2 Å². The summed E-state index contributed by atoms with van der Waals surface area (Å²) in [5.74, 6) is 0.597. The molecule has 0 unspecified atom stereocenters. The number of nitrogens with two attached hydrogens (primary N) is 3. The summed E-state index contributed by atoms with van der Waals surface area (Å²) in [7, 11) is -3.73. The molecule has 3 rings (SSSR count). The van der Waals surface area contributed by atoms with E-state index in [0.717, 1.165) is 5.69 Å². The molecule has 0 aliphatic rings. The van der Waals surface area contributed by atoms with Crippen LogP contribution in [0.5, 0.6) is 0 Å². The van der Waals surface area contributed by atoms with E-state index in [-0.39, 0.29) is 10.7 Å². The molecule has 6 N–H and O–H groups in total. The Morgan fingerprint density at radius 3 is 2.24 bits per heavy atom. The van der Waals surface area contributed by atoms with E-state index in [9.17, 15) is 8.42 Å². The first-order valence-corrected chi connectivity index (χ1v) is 8.77. The minimum atomic E-state index is -3.73. The quantitative estimate of drug-likeness (QED) is 0.606. The zero-order valence-electron chi connectivity index (χ0n) is 13.1. The number of anilines is 2. The van der Waals surface area contributed by atoms with E-state index >= 15 is 0 Å². The van der Waals surface area contributed by atoms with Crippen LogP contribution in [0, 0.1) is 0 Å². The monoisotopic (exact) mass is 356 g/mol. The summed E-state index contributed by atoms with van der Waals surface area (Å²) in [4.78, 5) is 4.27. The molecule has 128 valence electrons. The maximum atomic E-state index is 11.2. The molecule has 0 aliphatic heterocycles. The van der Waals surface area contributed by atoms with Crippen molar-refractivity contribution in [3.05, 3.63) is 60.2 Å². The van der Waals surface area contributed by atoms with E-state index in [1.165, 1.54) is 35.2 Å². The Hall–Kier alpha value is -3.17. The Morgan fingerprint density at radius 1 is 1.00 bits per heavy atom. The number of aliphatic imine (C=N–C) groups is 1. The van der Waals surface area contributed by atoms with E-state index in [1.54, 1.807) is 0 Å². The van der Waals surface area contributed by atoms with Crippen molar-refractivity contribution >= 4 is 33.6 Å². The molecule has 9 heteroatoms. The molecule has 1 aromatic heterocycles. The molecule has 0 fully saturated rings. The lowest BCUT2D eigenvalue weighted by molar-refractivity contribution is 0.598. The van der Waals surface area contributed by atoms with Gasteiger partial charge in [0.2, 0.25) is 10.0 Å². The van der Waals surface area contributed by atoms with E-state index < -0.39 is 10.0 Å². The van der Waals surface area contributed by atoms with E-state index in [1.807, 2.05) is 30.3 Å². The standard InChI is InChI=1S/C16H16N6O2S/c17-15-14(16(18)22(21-15)12-4-2-1-3-5-12)10-20-11-6-8-13(9-7-11)25(19,23)24/h1-10H,18H2,(H2,17,21)(H2,19,23,24). The lowest BCUT2D eigenvalue weighted by atomic mass is 10.3. The van der Waals surface area contributed by atoms with Crippen LogP contribution in [0.15, 0.2) is 64.5 Å². The molecule has 0 spiro atoms. The number of sulfonamides is 1. The van der Waals surface area contributed by atoms with Crippen molar-refractivity contribution in [3.63, 3.8) is 0 Å². The molecule has 0 radical (unpaired) electrons. The Morgan fingerprint density at radius 2 is 1.64 bits per heavy atom. The van der Waals surface area contributed by atoms with Crippen molar-refractivity contribution in [2.45, 2.75) is 4.90 Å². The van der Waals surface area contributed by atoms with Gasteiger partial charge in [0.05, 0.1) is 21.8 Å². The van der Waals surface area contributed by atoms with Gasteiger partial charge in [-0.15, -0.1) is 5.10 Å². The van der Waals surface area contributed by atoms with Gasteiger partial charge in [0.1, 0.15) is 5.82 Å². The summed E-state index contributed by atoms with van der Waals surface area (Å²) in [6.45, 7) is 0. The smallest absolute Gasteiger partial charge is 0.238 e. The minimum Gasteiger partial charge on any atom is -0.383 e. The van der Waals surface area contributed by atoms with E-state index in [2.05, 4.69) is 10.1 Å². The highest BCUT2D eigenvalue weighted by Gasteiger charge is 2.13. The zero-order chi connectivity index (χ0) is 18.0. The second kappa shape index (κ2) is 6.38. The second-order valence-electron chi connectivity index (χ2n) is 5.23. The number of aromatic nitrogens is 2. The van der Waals surface area contributed by atoms with Crippen molar-refractivity contribution in [3.8, 4) is 5.69 Å². The minimum absolute atomic E-state index is 0.0161. The number of primary sulfonamides is 1. The maximum Gasteiger partial charge on any atom is 0.238 e. The van der Waals surface area contributed by atoms with Crippen LogP contribution in [0.3, 0.4) is 0 Å². The summed E-state index contributed by atoms with van der Waals surface area (Å²) >= 11 is 0. The molecule has 8 nitrogen and oxygen atoms in total. The van der Waals surface area contributed by atoms with Crippen LogP contribution in [-0.2, 0) is 10.0 Å². The fraction of sp³-hybridized carbons (Fsp3) is 0. The fourth-order valence-electron chi connectivity index (χ4n) is 2.22. The van der Waals surface area contributed by atoms with Crippen LogP contribution in [0.2, 0.25) is 0 Å². The highest BCUT2D eigenvalue weighted by atomic mass is 32.2. The third-order valence-electron chi connectivity index (χ3n) is 3.50. The molecule has 2 aromatic carbocycles. The third-order valence-corrected chi connectivity index (χ3v) is 4.43. The largest absolute Gasteiger partial charge is 0.383 e. The van der Waals surface area contributed by atoms with Crippen LogP contribution in [0.25, 0.3) is 5.69 Å². The molecule has 25 heavy (non-hydrogen) atoms. The van der Waals surface area contributed by atoms with Crippen molar-refractivity contribution in [2.75, 3.05) is 11.5 Å². The number of rotatable bonds is 4. The zero-order valence-corrected chi connectivity index (χ0v) is 13.9. The Bertz CT molecular complexity index is 1020. The van der Waals surface area contributed by atoms with Gasteiger partial charge in [-0.2, -0.15) is 0 Å². The van der Waals surface area contributed by atoms with Gasteiger partial charge in [0.25, 0.3) is 0 Å². The maximum absolute atomic E-state index is 11.2. The van der Waals surface area contributed by atoms with Crippen molar-refractivity contribution in [1.29, 1.82) is 0 Å². The molecule has 0 aliphatic carbocycles. The lowest BCUT2D eigenvalue weighted by Gasteiger charge is -2.03. The fourth-order valence-corrected chi connectivity index (χ4v) is 2.74. The van der Waals surface area contributed by atoms with E-state index in [0.29, 0.717) is 17.1 Å². The third kappa shape index (κ3) is 3.52. The van der Waals surface area contributed by atoms with Gasteiger partial charge >= 0.3 is 0 Å². The normalized spacial score (nSPS) is 11.9. The summed E-state index contributed by atoms with van der Waals surface area (Å²) in [5, 5.41) is 9.28. The molecule has 3 aromatic rings. The lowest BCUT2D eigenvalue weighted by Crippen LogP contribution is -2.11. The summed E-state index contributed by atoms with van der Waals surface area (Å²) in [6.07, 6.45) is 1.49. The van der Waals surface area contributed by atoms with Gasteiger partial charge in [0, 0.05) is 6.21 Å². The van der Waals surface area contributed by atoms with Crippen LogP contribution in [-0.4, -0.2) is 24.4 Å². The average molecular weight is 356 g/mol. The van der Waals surface area contributed by atoms with Crippen LogP contribution >= 0.6 is 0 Å². The molecule has 0 bridgehead atoms. The molecule has 1 heterocycles. The average Bonchev–Trinajstić information content (AvgIpc) is 2.88. The number of nitrogen functional groups attached to an aromatic ring is 2. The van der Waals surface area contributed by atoms with Gasteiger partial charge in [-0.3, -0.25) is 4.99 Å². The summed E-state index contributed by atoms with van der Waals surface area (Å²) in [6, 6.07) is 15.2. The van der Waals surface area contributed by atoms with Gasteiger partial charge in [-0.25, -0.2) is 18.2 Å². The highest BCUT2D eigenvalue weighted by molar-refractivity contribution is 7.89. The van der Waals surface area contributed by atoms with Crippen LogP contribution < -0.4 is 16.6 Å². The Kier molecular flexibility index (Phi) is 4.26. The second-order valence-corrected chi connectivity index (χ2v) is 6.79. The number of hydrogen-bond acceptors (Lipinski definition) is 6. The van der Waals surface area contributed by atoms with Gasteiger partial charge in [-0.05, 0) is 36.4 Å². The molecule has 0 saturated carbocycles. The SMILES string of the molecule is Nc1nn(-c2ccccc2)c(N)c1C=Nc1ccc(S(N)(=O)=O)cc1. The highest BCUT2D eigenvalue weighted by Crippen LogP contribution is 2.22. The Balaban J connectivity index is 1.91. The Labute approximate surface area is 144 Å². The van der Waals surface area contributed by atoms with E-state index in [4.69, 9.17) is 16.6 Å². The number of hydrogen-bond donors (Lipinski definition) is 3. The molecule has 0 atom stereocenters. The van der Waals surface area contributed by atoms with Gasteiger partial charge in [0.15, 0.2) is 5.82 Å².